The Morgan fingerprint density at radius 2 is 1.97 bits per heavy atom. The Balaban J connectivity index is 1.45. The topological polar surface area (TPSA) is 81.8 Å². The van der Waals surface area contributed by atoms with Crippen LogP contribution in [0, 0.1) is 6.92 Å². The lowest BCUT2D eigenvalue weighted by Gasteiger charge is -2.08. The quantitative estimate of drug-likeness (QED) is 0.474. The van der Waals surface area contributed by atoms with Crippen LogP contribution >= 0.6 is 15.9 Å². The number of halogens is 1. The molecule has 4 aromatic rings. The molecular formula is C22H20BrN5O2. The summed E-state index contributed by atoms with van der Waals surface area (Å²) in [5.41, 5.74) is 3.03. The Hall–Kier alpha value is -3.26. The van der Waals surface area contributed by atoms with Crippen LogP contribution in [0.4, 0.5) is 0 Å². The Bertz CT molecular complexity index is 1260. The number of rotatable bonds is 6. The first-order valence-corrected chi connectivity index (χ1v) is 10.3. The third-order valence-electron chi connectivity index (χ3n) is 4.78. The molecule has 4 rings (SSSR count). The largest absolute Gasteiger partial charge is 0.350 e. The van der Waals surface area contributed by atoms with Gasteiger partial charge < -0.3 is 5.32 Å². The third-order valence-corrected chi connectivity index (χ3v) is 5.31. The van der Waals surface area contributed by atoms with E-state index >= 15 is 0 Å². The van der Waals surface area contributed by atoms with Crippen molar-refractivity contribution in [2.24, 2.45) is 0 Å². The van der Waals surface area contributed by atoms with Crippen LogP contribution in [0.1, 0.15) is 21.5 Å². The van der Waals surface area contributed by atoms with E-state index in [0.29, 0.717) is 36.2 Å². The van der Waals surface area contributed by atoms with E-state index in [4.69, 9.17) is 0 Å². The molecule has 1 amide bonds. The number of nitrogens with one attached hydrogen (secondary N) is 1. The van der Waals surface area contributed by atoms with Crippen molar-refractivity contribution in [1.82, 2.24) is 24.6 Å². The molecule has 2 heterocycles. The second-order valence-corrected chi connectivity index (χ2v) is 7.95. The van der Waals surface area contributed by atoms with Crippen LogP contribution in [0.25, 0.3) is 11.0 Å². The Kier molecular flexibility index (Phi) is 5.76. The summed E-state index contributed by atoms with van der Waals surface area (Å²) in [7, 11) is 0. The molecule has 0 saturated heterocycles. The highest BCUT2D eigenvalue weighted by atomic mass is 79.9. The van der Waals surface area contributed by atoms with E-state index in [9.17, 15) is 9.59 Å². The van der Waals surface area contributed by atoms with Gasteiger partial charge in [0.2, 0.25) is 0 Å². The van der Waals surface area contributed by atoms with Crippen molar-refractivity contribution in [2.75, 3.05) is 6.54 Å². The summed E-state index contributed by atoms with van der Waals surface area (Å²) in [5.74, 6) is -0.139. The number of carbonyl (C=O) groups excluding carboxylic acids is 1. The number of hydrogen-bond donors (Lipinski definition) is 1. The van der Waals surface area contributed by atoms with Gasteiger partial charge in [-0.1, -0.05) is 45.8 Å². The van der Waals surface area contributed by atoms with Gasteiger partial charge in [-0.3, -0.25) is 14.2 Å². The first kappa shape index (κ1) is 20.0. The van der Waals surface area contributed by atoms with Crippen LogP contribution < -0.4 is 10.9 Å². The van der Waals surface area contributed by atoms with Gasteiger partial charge in [0.25, 0.3) is 11.5 Å². The van der Waals surface area contributed by atoms with Crippen LogP contribution in [0.3, 0.4) is 0 Å². The molecular weight excluding hydrogens is 446 g/mol. The molecule has 0 atom stereocenters. The standard InChI is InChI=1S/C22H20BrN5O2/c1-15-3-2-4-17(11-15)21(29)24-9-10-28-20-19(12-26-28)22(30)27(14-25-20)13-16-5-7-18(23)8-6-16/h2-8,11-12,14H,9-10,13H2,1H3,(H,24,29). The lowest BCUT2D eigenvalue weighted by molar-refractivity contribution is 0.0952. The van der Waals surface area contributed by atoms with Crippen LogP contribution in [0.15, 0.2) is 70.3 Å². The summed E-state index contributed by atoms with van der Waals surface area (Å²) in [6.45, 7) is 3.19. The molecule has 0 unspecified atom stereocenters. The number of benzene rings is 2. The monoisotopic (exact) mass is 465 g/mol. The average Bonchev–Trinajstić information content (AvgIpc) is 3.15. The first-order valence-electron chi connectivity index (χ1n) is 9.51. The van der Waals surface area contributed by atoms with Crippen LogP contribution in [-0.4, -0.2) is 31.8 Å². The second-order valence-electron chi connectivity index (χ2n) is 7.03. The predicted molar refractivity (Wildman–Crippen MR) is 119 cm³/mol. The van der Waals surface area contributed by atoms with Crippen molar-refractivity contribution in [1.29, 1.82) is 0 Å². The highest BCUT2D eigenvalue weighted by Gasteiger charge is 2.11. The number of aryl methyl sites for hydroxylation is 1. The molecule has 30 heavy (non-hydrogen) atoms. The van der Waals surface area contributed by atoms with E-state index in [2.05, 4.69) is 31.3 Å². The molecule has 1 N–H and O–H groups in total. The maximum Gasteiger partial charge on any atom is 0.264 e. The highest BCUT2D eigenvalue weighted by molar-refractivity contribution is 9.10. The maximum absolute atomic E-state index is 12.8. The van der Waals surface area contributed by atoms with Gasteiger partial charge >= 0.3 is 0 Å². The molecule has 8 heteroatoms. The predicted octanol–water partition coefficient (Wildman–Crippen LogP) is 3.14. The van der Waals surface area contributed by atoms with E-state index in [1.807, 2.05) is 49.4 Å². The highest BCUT2D eigenvalue weighted by Crippen LogP contribution is 2.12. The number of hydrogen-bond acceptors (Lipinski definition) is 4. The van der Waals surface area contributed by atoms with E-state index in [-0.39, 0.29) is 11.5 Å². The van der Waals surface area contributed by atoms with Gasteiger partial charge in [-0.25, -0.2) is 9.67 Å². The van der Waals surface area contributed by atoms with Gasteiger partial charge in [0.15, 0.2) is 5.65 Å². The molecule has 0 bridgehead atoms. The number of carbonyl (C=O) groups is 1. The van der Waals surface area contributed by atoms with Crippen LogP contribution in [0.2, 0.25) is 0 Å². The van der Waals surface area contributed by atoms with Crippen LogP contribution in [0.5, 0.6) is 0 Å². The van der Waals surface area contributed by atoms with Gasteiger partial charge in [-0.05, 0) is 36.8 Å². The molecule has 0 aliphatic rings. The molecule has 0 aliphatic heterocycles. The second kappa shape index (κ2) is 8.62. The number of amides is 1. The van der Waals surface area contributed by atoms with Crippen molar-refractivity contribution in [3.63, 3.8) is 0 Å². The zero-order chi connectivity index (χ0) is 21.1. The SMILES string of the molecule is Cc1cccc(C(=O)NCCn2ncc3c(=O)n(Cc4ccc(Br)cc4)cnc32)c1. The minimum absolute atomic E-state index is 0.139. The fraction of sp³-hybridized carbons (Fsp3) is 0.182. The number of fused-ring (bicyclic) bond motifs is 1. The lowest BCUT2D eigenvalue weighted by Crippen LogP contribution is -2.27. The van der Waals surface area contributed by atoms with Gasteiger partial charge in [0.1, 0.15) is 11.7 Å². The third kappa shape index (κ3) is 4.33. The summed E-state index contributed by atoms with van der Waals surface area (Å²) in [4.78, 5) is 29.5. The summed E-state index contributed by atoms with van der Waals surface area (Å²) in [6.07, 6.45) is 3.07. The van der Waals surface area contributed by atoms with Gasteiger partial charge in [-0.15, -0.1) is 0 Å². The Morgan fingerprint density at radius 1 is 1.17 bits per heavy atom. The van der Waals surface area contributed by atoms with E-state index < -0.39 is 0 Å². The zero-order valence-electron chi connectivity index (χ0n) is 16.4. The average molecular weight is 466 g/mol. The van der Waals surface area contributed by atoms with Gasteiger partial charge in [0.05, 0.1) is 19.3 Å². The minimum atomic E-state index is -0.141. The maximum atomic E-state index is 12.8. The summed E-state index contributed by atoms with van der Waals surface area (Å²) in [5, 5.41) is 7.62. The zero-order valence-corrected chi connectivity index (χ0v) is 18.0. The van der Waals surface area contributed by atoms with Crippen molar-refractivity contribution >= 4 is 32.9 Å². The molecule has 2 aromatic heterocycles. The van der Waals surface area contributed by atoms with Crippen molar-refractivity contribution in [3.05, 3.63) is 92.6 Å². The molecule has 7 nitrogen and oxygen atoms in total. The fourth-order valence-electron chi connectivity index (χ4n) is 3.22. The van der Waals surface area contributed by atoms with Crippen LogP contribution in [-0.2, 0) is 13.1 Å². The first-order chi connectivity index (χ1) is 14.5. The summed E-state index contributed by atoms with van der Waals surface area (Å²) >= 11 is 3.41. The smallest absolute Gasteiger partial charge is 0.264 e. The minimum Gasteiger partial charge on any atom is -0.350 e. The number of aromatic nitrogens is 4. The van der Waals surface area contributed by atoms with Crippen molar-refractivity contribution in [3.8, 4) is 0 Å². The van der Waals surface area contributed by atoms with Crippen molar-refractivity contribution in [2.45, 2.75) is 20.0 Å². The number of nitrogens with zero attached hydrogens (tertiary/aromatic N) is 4. The molecule has 0 fully saturated rings. The molecule has 0 aliphatic carbocycles. The summed E-state index contributed by atoms with van der Waals surface area (Å²) < 4.78 is 4.19. The normalized spacial score (nSPS) is 11.0. The van der Waals surface area contributed by atoms with E-state index in [0.717, 1.165) is 15.6 Å². The summed E-state index contributed by atoms with van der Waals surface area (Å²) in [6, 6.07) is 15.2. The van der Waals surface area contributed by atoms with E-state index in [1.165, 1.54) is 12.5 Å². The van der Waals surface area contributed by atoms with Gasteiger partial charge in [0, 0.05) is 16.6 Å². The molecule has 0 spiro atoms. The molecule has 0 saturated carbocycles. The lowest BCUT2D eigenvalue weighted by atomic mass is 10.1. The molecule has 152 valence electrons. The molecule has 0 radical (unpaired) electrons. The van der Waals surface area contributed by atoms with Gasteiger partial charge in [-0.2, -0.15) is 5.10 Å². The Morgan fingerprint density at radius 3 is 2.73 bits per heavy atom. The Labute approximate surface area is 181 Å². The van der Waals surface area contributed by atoms with E-state index in [1.54, 1.807) is 15.3 Å². The van der Waals surface area contributed by atoms with Crippen molar-refractivity contribution < 1.29 is 4.79 Å². The fourth-order valence-corrected chi connectivity index (χ4v) is 3.49. The molecule has 2 aromatic carbocycles.